The Bertz CT molecular complexity index is 626. The minimum atomic E-state index is -0.292. The maximum atomic E-state index is 13.5. The molecule has 1 aromatic heterocycles. The molecule has 2 rings (SSSR count). The van der Waals surface area contributed by atoms with Gasteiger partial charge in [-0.05, 0) is 18.2 Å². The van der Waals surface area contributed by atoms with Crippen LogP contribution in [0.3, 0.4) is 0 Å². The molecular weight excluding hydrogens is 313 g/mol. The Hall–Kier alpha value is -2.20. The summed E-state index contributed by atoms with van der Waals surface area (Å²) in [5.41, 5.74) is 0.516. The van der Waals surface area contributed by atoms with Crippen molar-refractivity contribution in [1.29, 1.82) is 5.26 Å². The van der Waals surface area contributed by atoms with Crippen LogP contribution in [0.2, 0.25) is 0 Å². The molecule has 2 aromatic rings. The molecule has 19 heavy (non-hydrogen) atoms. The number of rotatable bonds is 4. The smallest absolute Gasteiger partial charge is 0.182 e. The average Bonchev–Trinajstić information content (AvgIpc) is 2.41. The van der Waals surface area contributed by atoms with Gasteiger partial charge in [-0.15, -0.1) is 0 Å². The van der Waals surface area contributed by atoms with Crippen molar-refractivity contribution < 1.29 is 4.39 Å². The second-order valence-corrected chi connectivity index (χ2v) is 4.53. The molecule has 0 aliphatic rings. The van der Waals surface area contributed by atoms with Gasteiger partial charge in [0.05, 0.1) is 0 Å². The molecule has 0 bridgehead atoms. The molecule has 0 saturated heterocycles. The van der Waals surface area contributed by atoms with E-state index in [4.69, 9.17) is 5.26 Å². The number of nitrogens with one attached hydrogen (secondary N) is 2. The molecule has 0 amide bonds. The highest BCUT2D eigenvalue weighted by atomic mass is 79.9. The van der Waals surface area contributed by atoms with Crippen LogP contribution in [0.1, 0.15) is 5.56 Å². The van der Waals surface area contributed by atoms with Crippen LogP contribution in [0, 0.1) is 17.3 Å². The van der Waals surface area contributed by atoms with Crippen LogP contribution in [-0.2, 0) is 6.54 Å². The molecule has 0 unspecified atom stereocenters. The number of aromatic nitrogens is 2. The summed E-state index contributed by atoms with van der Waals surface area (Å²) in [7, 11) is 0. The third-order valence-corrected chi connectivity index (χ3v) is 2.81. The normalized spacial score (nSPS) is 9.74. The molecule has 0 aliphatic carbocycles. The summed E-state index contributed by atoms with van der Waals surface area (Å²) in [6.45, 7) is 0.286. The largest absolute Gasteiger partial charge is 0.366 e. The van der Waals surface area contributed by atoms with Gasteiger partial charge in [0.1, 0.15) is 23.8 Å². The number of halogens is 2. The van der Waals surface area contributed by atoms with Gasteiger partial charge in [-0.2, -0.15) is 5.26 Å². The summed E-state index contributed by atoms with van der Waals surface area (Å²) in [6, 6.07) is 6.29. The van der Waals surface area contributed by atoms with Gasteiger partial charge in [0.25, 0.3) is 0 Å². The number of nitriles is 1. The molecule has 2 N–H and O–H groups in total. The average molecular weight is 322 g/mol. The molecule has 0 saturated carbocycles. The Balaban J connectivity index is 2.08. The zero-order valence-corrected chi connectivity index (χ0v) is 11.3. The zero-order chi connectivity index (χ0) is 13.7. The molecule has 0 aliphatic heterocycles. The molecule has 5 nitrogen and oxygen atoms in total. The predicted octanol–water partition coefficient (Wildman–Crippen LogP) is 2.88. The summed E-state index contributed by atoms with van der Waals surface area (Å²) in [5.74, 6) is 0.599. The minimum Gasteiger partial charge on any atom is -0.366 e. The maximum Gasteiger partial charge on any atom is 0.182 e. The van der Waals surface area contributed by atoms with Gasteiger partial charge in [-0.25, -0.2) is 14.4 Å². The molecule has 1 aromatic carbocycles. The summed E-state index contributed by atoms with van der Waals surface area (Å²) < 4.78 is 14.3. The SMILES string of the molecule is N#CNc1cc(NCc2cc(Br)ccc2F)ncn1. The fourth-order valence-corrected chi connectivity index (χ4v) is 1.85. The lowest BCUT2D eigenvalue weighted by atomic mass is 10.2. The summed E-state index contributed by atoms with van der Waals surface area (Å²) in [6.07, 6.45) is 3.09. The Morgan fingerprint density at radius 1 is 1.26 bits per heavy atom. The lowest BCUT2D eigenvalue weighted by Gasteiger charge is -2.07. The van der Waals surface area contributed by atoms with E-state index in [9.17, 15) is 4.39 Å². The summed E-state index contributed by atoms with van der Waals surface area (Å²) in [4.78, 5) is 7.83. The molecule has 0 fully saturated rings. The quantitative estimate of drug-likeness (QED) is 0.669. The van der Waals surface area contributed by atoms with Crippen LogP contribution < -0.4 is 10.6 Å². The fraction of sp³-hybridized carbons (Fsp3) is 0.0833. The maximum absolute atomic E-state index is 13.5. The van der Waals surface area contributed by atoms with Crippen molar-refractivity contribution in [1.82, 2.24) is 9.97 Å². The van der Waals surface area contributed by atoms with Crippen molar-refractivity contribution in [3.05, 3.63) is 46.4 Å². The van der Waals surface area contributed by atoms with Gasteiger partial charge in [0.15, 0.2) is 6.19 Å². The van der Waals surface area contributed by atoms with Crippen LogP contribution in [0.15, 0.2) is 35.1 Å². The van der Waals surface area contributed by atoms with Crippen molar-refractivity contribution in [2.24, 2.45) is 0 Å². The number of nitrogens with zero attached hydrogens (tertiary/aromatic N) is 3. The molecular formula is C12H9BrFN5. The molecule has 7 heteroatoms. The first-order chi connectivity index (χ1) is 9.19. The highest BCUT2D eigenvalue weighted by Gasteiger charge is 2.04. The van der Waals surface area contributed by atoms with E-state index in [1.165, 1.54) is 12.4 Å². The topological polar surface area (TPSA) is 73.6 Å². The first-order valence-electron chi connectivity index (χ1n) is 5.34. The van der Waals surface area contributed by atoms with Gasteiger partial charge in [-0.3, -0.25) is 5.32 Å². The molecule has 1 heterocycles. The molecule has 0 radical (unpaired) electrons. The van der Waals surface area contributed by atoms with E-state index < -0.39 is 0 Å². The first kappa shape index (κ1) is 13.2. The number of hydrogen-bond acceptors (Lipinski definition) is 5. The zero-order valence-electron chi connectivity index (χ0n) is 9.69. The van der Waals surface area contributed by atoms with E-state index in [0.29, 0.717) is 17.2 Å². The Morgan fingerprint density at radius 3 is 2.84 bits per heavy atom. The summed E-state index contributed by atoms with van der Waals surface area (Å²) >= 11 is 3.29. The van der Waals surface area contributed by atoms with Gasteiger partial charge in [-0.1, -0.05) is 15.9 Å². The standard InChI is InChI=1S/C12H9BrFN5/c13-9-1-2-10(14)8(3-9)5-16-11-4-12(17-6-15)19-7-18-11/h1-4,7H,5H2,(H2,16,17,18,19). The van der Waals surface area contributed by atoms with E-state index >= 15 is 0 Å². The van der Waals surface area contributed by atoms with Crippen molar-refractivity contribution in [3.63, 3.8) is 0 Å². The van der Waals surface area contributed by atoms with Crippen LogP contribution in [0.25, 0.3) is 0 Å². The second kappa shape index (κ2) is 6.11. The first-order valence-corrected chi connectivity index (χ1v) is 6.13. The van der Waals surface area contributed by atoms with E-state index in [1.54, 1.807) is 24.4 Å². The minimum absolute atomic E-state index is 0.286. The molecule has 96 valence electrons. The summed E-state index contributed by atoms with van der Waals surface area (Å²) in [5, 5.41) is 13.9. The highest BCUT2D eigenvalue weighted by molar-refractivity contribution is 9.10. The second-order valence-electron chi connectivity index (χ2n) is 3.61. The third-order valence-electron chi connectivity index (χ3n) is 2.32. The van der Waals surface area contributed by atoms with Crippen molar-refractivity contribution in [2.45, 2.75) is 6.54 Å². The van der Waals surface area contributed by atoms with Crippen LogP contribution in [0.5, 0.6) is 0 Å². The van der Waals surface area contributed by atoms with E-state index in [0.717, 1.165) is 4.47 Å². The van der Waals surface area contributed by atoms with E-state index in [1.807, 2.05) is 0 Å². The fourth-order valence-electron chi connectivity index (χ4n) is 1.44. The van der Waals surface area contributed by atoms with Gasteiger partial charge >= 0.3 is 0 Å². The van der Waals surface area contributed by atoms with Crippen molar-refractivity contribution in [2.75, 3.05) is 10.6 Å². The monoisotopic (exact) mass is 321 g/mol. The van der Waals surface area contributed by atoms with Crippen LogP contribution >= 0.6 is 15.9 Å². The number of benzene rings is 1. The van der Waals surface area contributed by atoms with Crippen LogP contribution in [0.4, 0.5) is 16.0 Å². The lowest BCUT2D eigenvalue weighted by molar-refractivity contribution is 0.612. The van der Waals surface area contributed by atoms with E-state index in [2.05, 4.69) is 36.5 Å². The van der Waals surface area contributed by atoms with E-state index in [-0.39, 0.29) is 12.4 Å². The highest BCUT2D eigenvalue weighted by Crippen LogP contribution is 2.17. The number of anilines is 2. The van der Waals surface area contributed by atoms with Gasteiger partial charge in [0, 0.05) is 22.6 Å². The Morgan fingerprint density at radius 2 is 2.05 bits per heavy atom. The van der Waals surface area contributed by atoms with Gasteiger partial charge in [0.2, 0.25) is 0 Å². The Kier molecular flexibility index (Phi) is 4.26. The Labute approximate surface area is 117 Å². The lowest BCUT2D eigenvalue weighted by Crippen LogP contribution is -2.04. The van der Waals surface area contributed by atoms with Crippen molar-refractivity contribution in [3.8, 4) is 6.19 Å². The van der Waals surface area contributed by atoms with Crippen LogP contribution in [-0.4, -0.2) is 9.97 Å². The predicted molar refractivity (Wildman–Crippen MR) is 72.7 cm³/mol. The molecule has 0 spiro atoms. The third kappa shape index (κ3) is 3.63. The molecule has 0 atom stereocenters. The van der Waals surface area contributed by atoms with Gasteiger partial charge < -0.3 is 5.32 Å². The number of hydrogen-bond donors (Lipinski definition) is 2. The van der Waals surface area contributed by atoms with Crippen molar-refractivity contribution >= 4 is 27.6 Å².